The van der Waals surface area contributed by atoms with Crippen molar-refractivity contribution in [2.24, 2.45) is 5.73 Å². The van der Waals surface area contributed by atoms with Crippen molar-refractivity contribution in [2.75, 3.05) is 6.54 Å². The average Bonchev–Trinajstić information content (AvgIpc) is 2.51. The molecule has 1 aromatic heterocycles. The van der Waals surface area contributed by atoms with Gasteiger partial charge in [-0.05, 0) is 47.8 Å². The Morgan fingerprint density at radius 1 is 1.38 bits per heavy atom. The fraction of sp³-hybridized carbons (Fsp3) is 0.273. The Morgan fingerprint density at radius 3 is 3.00 bits per heavy atom. The summed E-state index contributed by atoms with van der Waals surface area (Å²) in [5.74, 6) is 0. The Kier molecular flexibility index (Phi) is 2.34. The van der Waals surface area contributed by atoms with Gasteiger partial charge in [0.2, 0.25) is 0 Å². The quantitative estimate of drug-likeness (QED) is 0.776. The van der Waals surface area contributed by atoms with Gasteiger partial charge in [-0.1, -0.05) is 12.1 Å². The summed E-state index contributed by atoms with van der Waals surface area (Å²) < 4.78 is 1.38. The van der Waals surface area contributed by atoms with Gasteiger partial charge < -0.3 is 5.73 Å². The highest BCUT2D eigenvalue weighted by Crippen LogP contribution is 2.28. The molecule has 1 aromatic carbocycles. The summed E-state index contributed by atoms with van der Waals surface area (Å²) in [7, 11) is 0. The van der Waals surface area contributed by atoms with Crippen molar-refractivity contribution in [3.63, 3.8) is 0 Å². The smallest absolute Gasteiger partial charge is 0.0348 e. The van der Waals surface area contributed by atoms with Gasteiger partial charge in [0.05, 0.1) is 0 Å². The van der Waals surface area contributed by atoms with Crippen LogP contribution in [-0.4, -0.2) is 6.54 Å². The van der Waals surface area contributed by atoms with Crippen LogP contribution in [0.15, 0.2) is 23.6 Å². The van der Waals surface area contributed by atoms with E-state index < -0.39 is 0 Å². The largest absolute Gasteiger partial charge is 0.330 e. The second-order valence-corrected chi connectivity index (χ2v) is 4.16. The standard InChI is InChI=1S/C11H13NS/c1-8-3-2-4-10-11(8)9(5-6-12)7-13-10/h2-4,7H,5-6,12H2,1H3. The highest BCUT2D eigenvalue weighted by atomic mass is 32.1. The highest BCUT2D eigenvalue weighted by molar-refractivity contribution is 7.17. The molecule has 0 atom stereocenters. The molecule has 0 saturated heterocycles. The summed E-state index contributed by atoms with van der Waals surface area (Å²) in [5, 5.41) is 3.64. The molecule has 0 unspecified atom stereocenters. The summed E-state index contributed by atoms with van der Waals surface area (Å²) in [5.41, 5.74) is 8.33. The van der Waals surface area contributed by atoms with Crippen molar-refractivity contribution in [1.82, 2.24) is 0 Å². The van der Waals surface area contributed by atoms with E-state index in [9.17, 15) is 0 Å². The van der Waals surface area contributed by atoms with Gasteiger partial charge in [0.25, 0.3) is 0 Å². The van der Waals surface area contributed by atoms with Crippen LogP contribution in [0.25, 0.3) is 10.1 Å². The van der Waals surface area contributed by atoms with Gasteiger partial charge in [-0.3, -0.25) is 0 Å². The van der Waals surface area contributed by atoms with Crippen molar-refractivity contribution in [3.8, 4) is 0 Å². The first-order chi connectivity index (χ1) is 6.33. The average molecular weight is 191 g/mol. The molecule has 0 aliphatic carbocycles. The first-order valence-electron chi connectivity index (χ1n) is 4.48. The predicted octanol–water partition coefficient (Wildman–Crippen LogP) is 2.71. The summed E-state index contributed by atoms with van der Waals surface area (Å²) in [6.07, 6.45) is 0.991. The zero-order valence-corrected chi connectivity index (χ0v) is 8.53. The zero-order chi connectivity index (χ0) is 9.26. The fourth-order valence-electron chi connectivity index (χ4n) is 1.68. The van der Waals surface area contributed by atoms with Crippen molar-refractivity contribution in [1.29, 1.82) is 0 Å². The number of hydrogen-bond donors (Lipinski definition) is 1. The minimum atomic E-state index is 0.736. The highest BCUT2D eigenvalue weighted by Gasteiger charge is 2.04. The Labute approximate surface area is 82.2 Å². The van der Waals surface area contributed by atoms with Crippen molar-refractivity contribution >= 4 is 21.4 Å². The van der Waals surface area contributed by atoms with Crippen molar-refractivity contribution < 1.29 is 0 Å². The second kappa shape index (κ2) is 3.48. The first-order valence-corrected chi connectivity index (χ1v) is 5.36. The second-order valence-electron chi connectivity index (χ2n) is 3.25. The van der Waals surface area contributed by atoms with E-state index in [1.54, 1.807) is 0 Å². The Bertz CT molecular complexity index is 417. The number of benzene rings is 1. The molecule has 0 aliphatic heterocycles. The van der Waals surface area contributed by atoms with Gasteiger partial charge in [-0.15, -0.1) is 11.3 Å². The number of fused-ring (bicyclic) bond motifs is 1. The van der Waals surface area contributed by atoms with E-state index in [4.69, 9.17) is 5.73 Å². The molecule has 0 radical (unpaired) electrons. The number of thiophene rings is 1. The maximum absolute atomic E-state index is 5.57. The van der Waals surface area contributed by atoms with E-state index in [1.165, 1.54) is 21.2 Å². The van der Waals surface area contributed by atoms with Gasteiger partial charge >= 0.3 is 0 Å². The summed E-state index contributed by atoms with van der Waals surface area (Å²) in [6, 6.07) is 6.45. The van der Waals surface area contributed by atoms with Crippen LogP contribution in [0.5, 0.6) is 0 Å². The van der Waals surface area contributed by atoms with Crippen LogP contribution in [0.2, 0.25) is 0 Å². The van der Waals surface area contributed by atoms with Gasteiger partial charge in [0.1, 0.15) is 0 Å². The van der Waals surface area contributed by atoms with E-state index in [0.717, 1.165) is 13.0 Å². The number of hydrogen-bond acceptors (Lipinski definition) is 2. The van der Waals surface area contributed by atoms with Crippen LogP contribution in [-0.2, 0) is 6.42 Å². The summed E-state index contributed by atoms with van der Waals surface area (Å²) in [4.78, 5) is 0. The van der Waals surface area contributed by atoms with E-state index in [-0.39, 0.29) is 0 Å². The third-order valence-electron chi connectivity index (χ3n) is 2.30. The molecule has 13 heavy (non-hydrogen) atoms. The minimum Gasteiger partial charge on any atom is -0.330 e. The first kappa shape index (κ1) is 8.73. The van der Waals surface area contributed by atoms with Crippen LogP contribution >= 0.6 is 11.3 Å². The predicted molar refractivity (Wildman–Crippen MR) is 59.3 cm³/mol. The van der Waals surface area contributed by atoms with Gasteiger partial charge in [0, 0.05) is 4.70 Å². The van der Waals surface area contributed by atoms with Crippen molar-refractivity contribution in [3.05, 3.63) is 34.7 Å². The SMILES string of the molecule is Cc1cccc2scc(CCN)c12. The molecule has 2 N–H and O–H groups in total. The molecule has 1 heterocycles. The molecule has 0 amide bonds. The summed E-state index contributed by atoms with van der Waals surface area (Å²) in [6.45, 7) is 2.90. The molecule has 0 fully saturated rings. The van der Waals surface area contributed by atoms with Crippen LogP contribution in [0.1, 0.15) is 11.1 Å². The molecule has 2 heteroatoms. The van der Waals surface area contributed by atoms with Gasteiger partial charge in [-0.25, -0.2) is 0 Å². The molecule has 0 spiro atoms. The normalized spacial score (nSPS) is 10.9. The molecule has 0 aliphatic rings. The molecule has 2 aromatic rings. The maximum atomic E-state index is 5.57. The lowest BCUT2D eigenvalue weighted by Gasteiger charge is -1.99. The molecule has 0 saturated carbocycles. The Morgan fingerprint density at radius 2 is 2.23 bits per heavy atom. The molecule has 2 rings (SSSR count). The lowest BCUT2D eigenvalue weighted by Crippen LogP contribution is -2.02. The zero-order valence-electron chi connectivity index (χ0n) is 7.71. The van der Waals surface area contributed by atoms with E-state index >= 15 is 0 Å². The molecular weight excluding hydrogens is 178 g/mol. The topological polar surface area (TPSA) is 26.0 Å². The van der Waals surface area contributed by atoms with Crippen LogP contribution in [0, 0.1) is 6.92 Å². The third-order valence-corrected chi connectivity index (χ3v) is 3.29. The van der Waals surface area contributed by atoms with Gasteiger partial charge in [-0.2, -0.15) is 0 Å². The lowest BCUT2D eigenvalue weighted by atomic mass is 10.1. The Hall–Kier alpha value is -0.860. The molecule has 68 valence electrons. The monoisotopic (exact) mass is 191 g/mol. The minimum absolute atomic E-state index is 0.736. The molecular formula is C11H13NS. The molecule has 1 nitrogen and oxygen atoms in total. The summed E-state index contributed by atoms with van der Waals surface area (Å²) >= 11 is 1.81. The van der Waals surface area contributed by atoms with Crippen LogP contribution in [0.3, 0.4) is 0 Å². The fourth-order valence-corrected chi connectivity index (χ4v) is 2.76. The third kappa shape index (κ3) is 1.47. The van der Waals surface area contributed by atoms with Crippen LogP contribution < -0.4 is 5.73 Å². The van der Waals surface area contributed by atoms with Gasteiger partial charge in [0.15, 0.2) is 0 Å². The number of nitrogens with two attached hydrogens (primary N) is 1. The van der Waals surface area contributed by atoms with E-state index in [2.05, 4.69) is 30.5 Å². The van der Waals surface area contributed by atoms with Crippen LogP contribution in [0.4, 0.5) is 0 Å². The number of aryl methyl sites for hydroxylation is 1. The number of rotatable bonds is 2. The Balaban J connectivity index is 2.64. The van der Waals surface area contributed by atoms with Crippen molar-refractivity contribution in [2.45, 2.75) is 13.3 Å². The van der Waals surface area contributed by atoms with E-state index in [0.29, 0.717) is 0 Å². The van der Waals surface area contributed by atoms with E-state index in [1.807, 2.05) is 11.3 Å². The molecule has 0 bridgehead atoms. The maximum Gasteiger partial charge on any atom is 0.0348 e. The lowest BCUT2D eigenvalue weighted by molar-refractivity contribution is 0.980.